The number of hydrogen-bond acceptors (Lipinski definition) is 5. The van der Waals surface area contributed by atoms with Gasteiger partial charge in [-0.25, -0.2) is 0 Å². The molecule has 0 amide bonds. The Labute approximate surface area is 100 Å². The monoisotopic (exact) mass is 269 g/mol. The second kappa shape index (κ2) is 8.02. The molecular weight excluding hydrogens is 249 g/mol. The Kier molecular flexibility index (Phi) is 7.44. The van der Waals surface area contributed by atoms with Crippen LogP contribution in [0.3, 0.4) is 0 Å². The summed E-state index contributed by atoms with van der Waals surface area (Å²) in [6.07, 6.45) is 7.34. The van der Waals surface area contributed by atoms with Crippen LogP contribution < -0.4 is 5.73 Å². The van der Waals surface area contributed by atoms with Gasteiger partial charge in [-0.3, -0.25) is 0 Å². The van der Waals surface area contributed by atoms with Gasteiger partial charge in [-0.15, -0.1) is 0 Å². The molecule has 0 aromatic rings. The van der Waals surface area contributed by atoms with Crippen LogP contribution in [-0.2, 0) is 9.30 Å². The smallest absolute Gasteiger partial charge is 0.132 e. The normalized spacial score (nSPS) is 26.5. The van der Waals surface area contributed by atoms with Gasteiger partial charge in [0.25, 0.3) is 0 Å². The van der Waals surface area contributed by atoms with Gasteiger partial charge in [-0.2, -0.15) is 0 Å². The molecule has 0 aromatic heterocycles. The Morgan fingerprint density at radius 2 is 2.13 bits per heavy atom. The second-order valence-corrected chi connectivity index (χ2v) is 8.42. The first-order chi connectivity index (χ1) is 7.24. The first-order valence-corrected chi connectivity index (χ1v) is 9.87. The highest BCUT2D eigenvalue weighted by molar-refractivity contribution is 8.76. The lowest BCUT2D eigenvalue weighted by molar-refractivity contribution is 0.362. The minimum atomic E-state index is -1.31. The van der Waals surface area contributed by atoms with Gasteiger partial charge in [0, 0.05) is 11.9 Å². The fraction of sp³-hybridized carbons (Fsp3) is 1.00. The Morgan fingerprint density at radius 1 is 1.40 bits per heavy atom. The molecule has 2 N–H and O–H groups in total. The SMILES string of the molecule is CSSCC[PH](=O)CCCCC1OC1N. The summed E-state index contributed by atoms with van der Waals surface area (Å²) < 4.78 is 16.7. The van der Waals surface area contributed by atoms with Gasteiger partial charge in [0.05, 0.1) is 13.9 Å². The van der Waals surface area contributed by atoms with E-state index >= 15 is 0 Å². The third-order valence-electron chi connectivity index (χ3n) is 2.40. The van der Waals surface area contributed by atoms with Crippen molar-refractivity contribution in [3.05, 3.63) is 0 Å². The van der Waals surface area contributed by atoms with Crippen LogP contribution in [0.25, 0.3) is 0 Å². The Balaban J connectivity index is 1.84. The third-order valence-corrected chi connectivity index (χ3v) is 6.29. The standard InChI is InChI=1S/C9H20NO2PS2/c1-14-15-7-6-13(11)5-3-2-4-8-9(10)12-8/h8-9,13H,2-7,10H2,1H3. The average molecular weight is 269 g/mol. The van der Waals surface area contributed by atoms with Crippen molar-refractivity contribution in [1.29, 1.82) is 0 Å². The van der Waals surface area contributed by atoms with Gasteiger partial charge in [-0.05, 0) is 25.3 Å². The number of nitrogens with two attached hydrogens (primary N) is 1. The second-order valence-electron chi connectivity index (χ2n) is 3.66. The maximum Gasteiger partial charge on any atom is 0.132 e. The zero-order chi connectivity index (χ0) is 11.1. The van der Waals surface area contributed by atoms with E-state index in [1.807, 2.05) is 0 Å². The van der Waals surface area contributed by atoms with Gasteiger partial charge < -0.3 is 15.0 Å². The fourth-order valence-electron chi connectivity index (χ4n) is 1.42. The van der Waals surface area contributed by atoms with Crippen molar-refractivity contribution in [2.24, 2.45) is 5.73 Å². The van der Waals surface area contributed by atoms with Crippen molar-refractivity contribution in [3.8, 4) is 0 Å². The molecular formula is C9H20NO2PS2. The summed E-state index contributed by atoms with van der Waals surface area (Å²) in [5.74, 6) is 1.02. The van der Waals surface area contributed by atoms with Gasteiger partial charge in [0.15, 0.2) is 0 Å². The minimum Gasteiger partial charge on any atom is -0.353 e. The van der Waals surface area contributed by atoms with E-state index < -0.39 is 7.80 Å². The van der Waals surface area contributed by atoms with Crippen LogP contribution in [0.2, 0.25) is 0 Å². The lowest BCUT2D eigenvalue weighted by atomic mass is 10.2. The molecule has 1 fully saturated rings. The topological polar surface area (TPSA) is 55.6 Å². The molecule has 3 nitrogen and oxygen atoms in total. The highest BCUT2D eigenvalue weighted by Crippen LogP contribution is 2.28. The molecule has 0 aromatic carbocycles. The highest BCUT2D eigenvalue weighted by atomic mass is 33.1. The van der Waals surface area contributed by atoms with E-state index in [9.17, 15) is 4.57 Å². The van der Waals surface area contributed by atoms with E-state index in [-0.39, 0.29) is 6.23 Å². The van der Waals surface area contributed by atoms with E-state index in [0.29, 0.717) is 6.10 Å². The molecule has 0 radical (unpaired) electrons. The summed E-state index contributed by atoms with van der Waals surface area (Å²) in [7, 11) is 2.24. The van der Waals surface area contributed by atoms with Crippen molar-refractivity contribution in [1.82, 2.24) is 0 Å². The van der Waals surface area contributed by atoms with Gasteiger partial charge in [-0.1, -0.05) is 28.0 Å². The summed E-state index contributed by atoms with van der Waals surface area (Å²) in [6.45, 7) is 0. The molecule has 6 heteroatoms. The molecule has 15 heavy (non-hydrogen) atoms. The van der Waals surface area contributed by atoms with E-state index in [2.05, 4.69) is 6.26 Å². The summed E-state index contributed by atoms with van der Waals surface area (Å²) in [5, 5.41) is 0. The largest absolute Gasteiger partial charge is 0.353 e. The first kappa shape index (κ1) is 13.9. The summed E-state index contributed by atoms with van der Waals surface area (Å²) in [5.41, 5.74) is 5.51. The minimum absolute atomic E-state index is 0.0139. The number of epoxide rings is 1. The maximum atomic E-state index is 11.5. The van der Waals surface area contributed by atoms with Crippen LogP contribution in [0, 0.1) is 0 Å². The number of ether oxygens (including phenoxy) is 1. The summed E-state index contributed by atoms with van der Waals surface area (Å²) in [4.78, 5) is 0. The zero-order valence-electron chi connectivity index (χ0n) is 9.11. The van der Waals surface area contributed by atoms with E-state index in [4.69, 9.17) is 10.5 Å². The van der Waals surface area contributed by atoms with Gasteiger partial charge in [0.1, 0.15) is 6.23 Å². The van der Waals surface area contributed by atoms with Crippen molar-refractivity contribution in [2.45, 2.75) is 31.6 Å². The van der Waals surface area contributed by atoms with Gasteiger partial charge >= 0.3 is 0 Å². The lowest BCUT2D eigenvalue weighted by Gasteiger charge is -2.00. The molecule has 3 atom stereocenters. The predicted octanol–water partition coefficient (Wildman–Crippen LogP) is 2.41. The van der Waals surface area contributed by atoms with Crippen LogP contribution in [-0.4, -0.2) is 36.7 Å². The average Bonchev–Trinajstić information content (AvgIpc) is 2.90. The molecule has 1 aliphatic rings. The van der Waals surface area contributed by atoms with Crippen molar-refractivity contribution < 1.29 is 9.30 Å². The van der Waals surface area contributed by atoms with E-state index in [1.165, 1.54) is 0 Å². The zero-order valence-corrected chi connectivity index (χ0v) is 11.7. The van der Waals surface area contributed by atoms with Crippen LogP contribution in [0.1, 0.15) is 19.3 Å². The van der Waals surface area contributed by atoms with Gasteiger partial charge in [0.2, 0.25) is 0 Å². The molecule has 1 saturated heterocycles. The van der Waals surface area contributed by atoms with Crippen LogP contribution in [0.5, 0.6) is 0 Å². The highest BCUT2D eigenvalue weighted by Gasteiger charge is 2.33. The number of hydrogen-bond donors (Lipinski definition) is 1. The molecule has 0 spiro atoms. The Morgan fingerprint density at radius 3 is 2.73 bits per heavy atom. The molecule has 90 valence electrons. The summed E-state index contributed by atoms with van der Waals surface area (Å²) in [6, 6.07) is 0. The molecule has 3 unspecified atom stereocenters. The third kappa shape index (κ3) is 6.90. The van der Waals surface area contributed by atoms with E-state index in [1.54, 1.807) is 21.6 Å². The van der Waals surface area contributed by atoms with Crippen molar-refractivity contribution in [2.75, 3.05) is 24.3 Å². The van der Waals surface area contributed by atoms with Crippen molar-refractivity contribution >= 4 is 29.4 Å². The van der Waals surface area contributed by atoms with Crippen molar-refractivity contribution in [3.63, 3.8) is 0 Å². The van der Waals surface area contributed by atoms with Crippen LogP contribution >= 0.6 is 29.4 Å². The van der Waals surface area contributed by atoms with Crippen LogP contribution in [0.4, 0.5) is 0 Å². The van der Waals surface area contributed by atoms with Crippen LogP contribution in [0.15, 0.2) is 0 Å². The molecule has 0 bridgehead atoms. The number of rotatable bonds is 9. The molecule has 1 heterocycles. The molecule has 1 aliphatic heterocycles. The van der Waals surface area contributed by atoms with E-state index in [0.717, 1.165) is 37.3 Å². The molecule has 0 aliphatic carbocycles. The molecule has 0 saturated carbocycles. The molecule has 1 rings (SSSR count). The predicted molar refractivity (Wildman–Crippen MR) is 71.4 cm³/mol. The Bertz CT molecular complexity index is 207. The quantitative estimate of drug-likeness (QED) is 0.301. The fourth-order valence-corrected chi connectivity index (χ4v) is 4.98. The Hall–Kier alpha value is 0.850. The summed E-state index contributed by atoms with van der Waals surface area (Å²) >= 11 is 0. The number of unbranched alkanes of at least 4 members (excludes halogenated alkanes) is 1. The first-order valence-electron chi connectivity index (χ1n) is 5.32. The lowest BCUT2D eigenvalue weighted by Crippen LogP contribution is -2.05. The maximum absolute atomic E-state index is 11.5.